The molecule has 0 spiro atoms. The van der Waals surface area contributed by atoms with Crippen molar-refractivity contribution in [2.45, 2.75) is 6.54 Å². The van der Waals surface area contributed by atoms with Gasteiger partial charge in [0.1, 0.15) is 0 Å². The SMILES string of the molecule is O=C([O-])COCCN(CCOCC(=O)[O-])Cc1ccccc1.[Na+].[Na+]. The smallest absolute Gasteiger partial charge is 0.548 e. The number of benzene rings is 1. The van der Waals surface area contributed by atoms with Crippen LogP contribution in [0.25, 0.3) is 0 Å². The van der Waals surface area contributed by atoms with Gasteiger partial charge in [0.05, 0.1) is 38.4 Å². The summed E-state index contributed by atoms with van der Waals surface area (Å²) in [5.41, 5.74) is 1.09. The molecule has 0 aromatic heterocycles. The Morgan fingerprint density at radius 2 is 1.33 bits per heavy atom. The average Bonchev–Trinajstić information content (AvgIpc) is 2.48. The van der Waals surface area contributed by atoms with Gasteiger partial charge in [-0.05, 0) is 5.56 Å². The zero-order chi connectivity index (χ0) is 16.2. The molecular weight excluding hydrogens is 336 g/mol. The van der Waals surface area contributed by atoms with E-state index in [2.05, 4.69) is 0 Å². The van der Waals surface area contributed by atoms with E-state index in [1.165, 1.54) is 0 Å². The van der Waals surface area contributed by atoms with Crippen LogP contribution in [0.2, 0.25) is 0 Å². The molecule has 0 atom stereocenters. The maximum Gasteiger partial charge on any atom is 1.00 e. The Kier molecular flexibility index (Phi) is 18.1. The van der Waals surface area contributed by atoms with Crippen LogP contribution in [0, 0.1) is 0 Å². The fraction of sp³-hybridized carbons (Fsp3) is 0.467. The largest absolute Gasteiger partial charge is 1.00 e. The molecule has 1 rings (SSSR count). The van der Waals surface area contributed by atoms with Gasteiger partial charge in [0, 0.05) is 19.6 Å². The second kappa shape index (κ2) is 16.5. The van der Waals surface area contributed by atoms with E-state index >= 15 is 0 Å². The molecule has 9 heteroatoms. The van der Waals surface area contributed by atoms with Crippen molar-refractivity contribution in [3.05, 3.63) is 35.9 Å². The number of hydrogen-bond donors (Lipinski definition) is 0. The van der Waals surface area contributed by atoms with Gasteiger partial charge in [-0.3, -0.25) is 4.90 Å². The molecule has 0 aliphatic carbocycles. The van der Waals surface area contributed by atoms with Crippen molar-refractivity contribution in [3.63, 3.8) is 0 Å². The topological polar surface area (TPSA) is 102 Å². The summed E-state index contributed by atoms with van der Waals surface area (Å²) in [6, 6.07) is 9.70. The van der Waals surface area contributed by atoms with Gasteiger partial charge >= 0.3 is 59.1 Å². The third-order valence-electron chi connectivity index (χ3n) is 2.79. The van der Waals surface area contributed by atoms with Crippen molar-refractivity contribution in [1.29, 1.82) is 0 Å². The molecule has 122 valence electrons. The van der Waals surface area contributed by atoms with Gasteiger partial charge in [-0.25, -0.2) is 0 Å². The van der Waals surface area contributed by atoms with Crippen LogP contribution in [-0.4, -0.2) is 56.4 Å². The molecule has 0 heterocycles. The van der Waals surface area contributed by atoms with Gasteiger partial charge in [0.2, 0.25) is 0 Å². The summed E-state index contributed by atoms with van der Waals surface area (Å²) in [4.78, 5) is 22.5. The third kappa shape index (κ3) is 14.4. The molecule has 0 saturated heterocycles. The summed E-state index contributed by atoms with van der Waals surface area (Å²) in [6.07, 6.45) is 0. The quantitative estimate of drug-likeness (QED) is 0.271. The van der Waals surface area contributed by atoms with Crippen LogP contribution in [0.5, 0.6) is 0 Å². The van der Waals surface area contributed by atoms with Crippen LogP contribution < -0.4 is 69.3 Å². The average molecular weight is 355 g/mol. The number of rotatable bonds is 12. The molecule has 1 aromatic rings. The van der Waals surface area contributed by atoms with Crippen LogP contribution in [0.4, 0.5) is 0 Å². The molecule has 24 heavy (non-hydrogen) atoms. The molecule has 0 bridgehead atoms. The minimum atomic E-state index is -1.26. The maximum atomic E-state index is 10.3. The first-order valence-electron chi connectivity index (χ1n) is 6.89. The van der Waals surface area contributed by atoms with Gasteiger partial charge in [-0.15, -0.1) is 0 Å². The molecule has 0 unspecified atom stereocenters. The molecule has 7 nitrogen and oxygen atoms in total. The van der Waals surface area contributed by atoms with Crippen LogP contribution in [0.15, 0.2) is 30.3 Å². The Balaban J connectivity index is 0. The van der Waals surface area contributed by atoms with Crippen LogP contribution in [0.1, 0.15) is 5.56 Å². The summed E-state index contributed by atoms with van der Waals surface area (Å²) in [5.74, 6) is -2.51. The van der Waals surface area contributed by atoms with Gasteiger partial charge in [-0.1, -0.05) is 30.3 Å². The maximum absolute atomic E-state index is 10.3. The number of carboxylic acids is 2. The van der Waals surface area contributed by atoms with Crippen LogP contribution in [-0.2, 0) is 25.6 Å². The number of carbonyl (C=O) groups is 2. The molecule has 0 fully saturated rings. The van der Waals surface area contributed by atoms with E-state index in [4.69, 9.17) is 9.47 Å². The summed E-state index contributed by atoms with van der Waals surface area (Å²) >= 11 is 0. The second-order valence-corrected chi connectivity index (χ2v) is 4.61. The standard InChI is InChI=1S/C15H21NO6.2Na/c17-14(18)11-21-8-6-16(7-9-22-12-15(19)20)10-13-4-2-1-3-5-13;;/h1-5H,6-12H2,(H,17,18)(H,19,20);;/q;2*+1/p-2. The number of carboxylic acid groups (broad SMARTS) is 2. The molecule has 0 radical (unpaired) electrons. The molecule has 0 amide bonds. The van der Waals surface area contributed by atoms with Gasteiger partial charge < -0.3 is 29.3 Å². The number of ether oxygens (including phenoxy) is 2. The molecule has 1 aromatic carbocycles. The van der Waals surface area contributed by atoms with Crippen molar-refractivity contribution in [2.24, 2.45) is 0 Å². The number of aliphatic carboxylic acids is 2. The van der Waals surface area contributed by atoms with Gasteiger partial charge in [0.15, 0.2) is 0 Å². The van der Waals surface area contributed by atoms with Crippen LogP contribution >= 0.6 is 0 Å². The molecule has 0 aliphatic rings. The Morgan fingerprint density at radius 3 is 1.75 bits per heavy atom. The molecule has 0 saturated carbocycles. The zero-order valence-electron chi connectivity index (χ0n) is 14.2. The third-order valence-corrected chi connectivity index (χ3v) is 2.79. The first kappa shape index (κ1) is 26.3. The second-order valence-electron chi connectivity index (χ2n) is 4.61. The molecule has 0 aliphatic heterocycles. The summed E-state index contributed by atoms with van der Waals surface area (Å²) in [5, 5.41) is 20.6. The Morgan fingerprint density at radius 1 is 0.875 bits per heavy atom. The van der Waals surface area contributed by atoms with E-state index in [0.29, 0.717) is 19.6 Å². The van der Waals surface area contributed by atoms with E-state index in [1.807, 2.05) is 35.2 Å². The predicted molar refractivity (Wildman–Crippen MR) is 73.4 cm³/mol. The summed E-state index contributed by atoms with van der Waals surface area (Å²) in [6.45, 7) is 1.21. The predicted octanol–water partition coefficient (Wildman–Crippen LogP) is -7.97. The number of hydrogen-bond acceptors (Lipinski definition) is 7. The number of nitrogens with zero attached hydrogens (tertiary/aromatic N) is 1. The zero-order valence-corrected chi connectivity index (χ0v) is 18.2. The minimum Gasteiger partial charge on any atom is -0.548 e. The molecule has 0 N–H and O–H groups in total. The van der Waals surface area contributed by atoms with Crippen LogP contribution in [0.3, 0.4) is 0 Å². The Hall–Kier alpha value is 0.0400. The number of carbonyl (C=O) groups excluding carboxylic acids is 2. The Bertz CT molecular complexity index is 439. The fourth-order valence-corrected chi connectivity index (χ4v) is 1.81. The van der Waals surface area contributed by atoms with Crippen molar-refractivity contribution in [3.8, 4) is 0 Å². The van der Waals surface area contributed by atoms with E-state index < -0.39 is 25.2 Å². The van der Waals surface area contributed by atoms with E-state index in [-0.39, 0.29) is 72.3 Å². The Labute approximate surface area is 185 Å². The summed E-state index contributed by atoms with van der Waals surface area (Å²) < 4.78 is 9.92. The fourth-order valence-electron chi connectivity index (χ4n) is 1.81. The van der Waals surface area contributed by atoms with E-state index in [0.717, 1.165) is 5.56 Å². The summed E-state index contributed by atoms with van der Waals surface area (Å²) in [7, 11) is 0. The minimum absolute atomic E-state index is 0. The monoisotopic (exact) mass is 355 g/mol. The van der Waals surface area contributed by atoms with Crippen molar-refractivity contribution in [2.75, 3.05) is 39.5 Å². The first-order valence-corrected chi connectivity index (χ1v) is 6.89. The van der Waals surface area contributed by atoms with Crippen molar-refractivity contribution >= 4 is 11.9 Å². The first-order chi connectivity index (χ1) is 10.6. The van der Waals surface area contributed by atoms with Gasteiger partial charge in [-0.2, -0.15) is 0 Å². The van der Waals surface area contributed by atoms with Gasteiger partial charge in [0.25, 0.3) is 0 Å². The molecular formula is C15H19NNa2O6. The van der Waals surface area contributed by atoms with Crippen molar-refractivity contribution in [1.82, 2.24) is 4.90 Å². The van der Waals surface area contributed by atoms with E-state index in [1.54, 1.807) is 0 Å². The van der Waals surface area contributed by atoms with E-state index in [9.17, 15) is 19.8 Å². The normalized spacial score (nSPS) is 9.88. The van der Waals surface area contributed by atoms with Crippen molar-refractivity contribution < 1.29 is 88.4 Å².